The molecule has 3 aliphatic rings. The van der Waals surface area contributed by atoms with Crippen LogP contribution in [-0.4, -0.2) is 17.7 Å². The highest BCUT2D eigenvalue weighted by Crippen LogP contribution is 2.53. The van der Waals surface area contributed by atoms with Gasteiger partial charge in [-0.3, -0.25) is 0 Å². The number of hydrogen-bond acceptors (Lipinski definition) is 2. The molecule has 1 aromatic carbocycles. The number of rotatable bonds is 0. The average Bonchev–Trinajstić information content (AvgIpc) is 2.65. The Morgan fingerprint density at radius 1 is 1.29 bits per heavy atom. The number of phenolic OH excluding ortho intramolecular Hbond substituents is 1. The molecule has 1 aromatic rings. The summed E-state index contributed by atoms with van der Waals surface area (Å²) in [6, 6.07) is 6.71. The minimum atomic E-state index is 0.342. The molecule has 1 saturated heterocycles. The lowest BCUT2D eigenvalue weighted by Gasteiger charge is -2.45. The van der Waals surface area contributed by atoms with Crippen molar-refractivity contribution in [1.82, 2.24) is 5.32 Å². The lowest BCUT2D eigenvalue weighted by Crippen LogP contribution is -2.43. The Labute approximate surface area is 102 Å². The first-order chi connectivity index (χ1) is 8.29. The Morgan fingerprint density at radius 2 is 2.24 bits per heavy atom. The zero-order chi connectivity index (χ0) is 11.5. The van der Waals surface area contributed by atoms with Crippen LogP contribution >= 0.6 is 0 Å². The van der Waals surface area contributed by atoms with Crippen LogP contribution < -0.4 is 5.32 Å². The van der Waals surface area contributed by atoms with E-state index in [0.717, 1.165) is 18.9 Å². The molecule has 17 heavy (non-hydrogen) atoms. The molecule has 2 N–H and O–H groups in total. The summed E-state index contributed by atoms with van der Waals surface area (Å²) in [4.78, 5) is 0. The van der Waals surface area contributed by atoms with Crippen LogP contribution in [-0.2, 0) is 11.8 Å². The monoisotopic (exact) mass is 229 g/mol. The van der Waals surface area contributed by atoms with Gasteiger partial charge in [-0.25, -0.2) is 0 Å². The first kappa shape index (κ1) is 9.95. The summed E-state index contributed by atoms with van der Waals surface area (Å²) in [5.74, 6) is 1.25. The number of aromatic hydroxyl groups is 1. The largest absolute Gasteiger partial charge is 0.508 e. The van der Waals surface area contributed by atoms with Crippen LogP contribution in [0.5, 0.6) is 5.75 Å². The van der Waals surface area contributed by atoms with Gasteiger partial charge in [0.25, 0.3) is 0 Å². The molecular weight excluding hydrogens is 210 g/mol. The first-order valence-corrected chi connectivity index (χ1v) is 6.85. The molecule has 0 amide bonds. The van der Waals surface area contributed by atoms with Crippen LogP contribution in [0, 0.1) is 5.92 Å². The summed E-state index contributed by atoms with van der Waals surface area (Å²) in [5, 5.41) is 13.5. The van der Waals surface area contributed by atoms with Crippen molar-refractivity contribution in [3.63, 3.8) is 0 Å². The lowest BCUT2D eigenvalue weighted by atomic mass is 9.58. The van der Waals surface area contributed by atoms with E-state index in [1.165, 1.54) is 36.8 Å². The topological polar surface area (TPSA) is 32.3 Å². The maximum Gasteiger partial charge on any atom is 0.115 e. The Balaban J connectivity index is 1.92. The highest BCUT2D eigenvalue weighted by molar-refractivity contribution is 5.46. The molecule has 0 spiro atoms. The fraction of sp³-hybridized carbons (Fsp3) is 0.600. The van der Waals surface area contributed by atoms with Gasteiger partial charge in [-0.05, 0) is 48.4 Å². The van der Waals surface area contributed by atoms with Gasteiger partial charge >= 0.3 is 0 Å². The first-order valence-electron chi connectivity index (χ1n) is 6.85. The lowest BCUT2D eigenvalue weighted by molar-refractivity contribution is 0.201. The van der Waals surface area contributed by atoms with Crippen molar-refractivity contribution in [2.75, 3.05) is 6.54 Å². The Kier molecular flexibility index (Phi) is 1.91. The van der Waals surface area contributed by atoms with E-state index in [1.807, 2.05) is 12.1 Å². The number of hydrogen-bond donors (Lipinski definition) is 2. The number of phenols is 1. The summed E-state index contributed by atoms with van der Waals surface area (Å²) in [6.45, 7) is 1.12. The minimum absolute atomic E-state index is 0.342. The molecule has 90 valence electrons. The number of fused-ring (bicyclic) bond motifs is 1. The average molecular weight is 229 g/mol. The van der Waals surface area contributed by atoms with Gasteiger partial charge in [-0.2, -0.15) is 0 Å². The molecule has 2 aliphatic carbocycles. The van der Waals surface area contributed by atoms with Crippen molar-refractivity contribution in [3.8, 4) is 5.75 Å². The zero-order valence-electron chi connectivity index (χ0n) is 10.1. The third-order valence-corrected chi connectivity index (χ3v) is 5.33. The predicted molar refractivity (Wildman–Crippen MR) is 67.2 cm³/mol. The van der Waals surface area contributed by atoms with Crippen LogP contribution in [0.4, 0.5) is 0 Å². The second-order valence-corrected chi connectivity index (χ2v) is 6.04. The van der Waals surface area contributed by atoms with Crippen molar-refractivity contribution in [1.29, 1.82) is 0 Å². The standard InChI is InChI=1S/C15H19NO/c17-11-5-4-10-7-14-12-3-1-2-6-15(12,9-16-14)13(10)8-11/h4-5,8,12,14,16-17H,1-3,6-7,9H2/t12-,14-,15-/m1/s1. The highest BCUT2D eigenvalue weighted by atomic mass is 16.3. The fourth-order valence-corrected chi connectivity index (χ4v) is 4.61. The van der Waals surface area contributed by atoms with Gasteiger partial charge in [0.05, 0.1) is 0 Å². The van der Waals surface area contributed by atoms with E-state index in [9.17, 15) is 5.11 Å². The molecule has 2 bridgehead atoms. The molecule has 4 rings (SSSR count). The molecule has 3 atom stereocenters. The summed E-state index contributed by atoms with van der Waals surface area (Å²) in [5.41, 5.74) is 3.26. The van der Waals surface area contributed by atoms with Gasteiger partial charge in [-0.15, -0.1) is 0 Å². The van der Waals surface area contributed by atoms with Gasteiger partial charge in [0.2, 0.25) is 0 Å². The molecule has 1 aliphatic heterocycles. The van der Waals surface area contributed by atoms with Crippen molar-refractivity contribution in [2.24, 2.45) is 5.92 Å². The summed E-state index contributed by atoms with van der Waals surface area (Å²) in [7, 11) is 0. The van der Waals surface area contributed by atoms with E-state index in [0.29, 0.717) is 17.2 Å². The smallest absolute Gasteiger partial charge is 0.115 e. The molecule has 1 saturated carbocycles. The van der Waals surface area contributed by atoms with Gasteiger partial charge < -0.3 is 10.4 Å². The van der Waals surface area contributed by atoms with E-state index in [1.54, 1.807) is 0 Å². The fourth-order valence-electron chi connectivity index (χ4n) is 4.61. The molecule has 0 unspecified atom stereocenters. The highest BCUT2D eigenvalue weighted by Gasteiger charge is 2.53. The number of nitrogens with one attached hydrogen (secondary N) is 1. The van der Waals surface area contributed by atoms with Gasteiger partial charge in [0.15, 0.2) is 0 Å². The maximum atomic E-state index is 9.78. The van der Waals surface area contributed by atoms with Crippen molar-refractivity contribution in [2.45, 2.75) is 43.6 Å². The van der Waals surface area contributed by atoms with Crippen molar-refractivity contribution >= 4 is 0 Å². The van der Waals surface area contributed by atoms with Crippen LogP contribution in [0.25, 0.3) is 0 Å². The maximum absolute atomic E-state index is 9.78. The molecule has 2 heteroatoms. The summed E-state index contributed by atoms with van der Waals surface area (Å²) >= 11 is 0. The van der Waals surface area contributed by atoms with E-state index >= 15 is 0 Å². The summed E-state index contributed by atoms with van der Waals surface area (Å²) in [6.07, 6.45) is 6.56. The molecule has 2 nitrogen and oxygen atoms in total. The van der Waals surface area contributed by atoms with Gasteiger partial charge in [-0.1, -0.05) is 18.9 Å². The van der Waals surface area contributed by atoms with E-state index < -0.39 is 0 Å². The second-order valence-electron chi connectivity index (χ2n) is 6.04. The molecule has 0 aromatic heterocycles. The summed E-state index contributed by atoms with van der Waals surface area (Å²) < 4.78 is 0. The van der Waals surface area contributed by atoms with E-state index in [2.05, 4.69) is 11.4 Å². The van der Waals surface area contributed by atoms with Crippen LogP contribution in [0.3, 0.4) is 0 Å². The predicted octanol–water partition coefficient (Wildman–Crippen LogP) is 2.35. The SMILES string of the molecule is Oc1ccc2c(c1)[C@@]13CCCC[C@@H]1[C@@H](C2)NC3. The van der Waals surface area contributed by atoms with Crippen LogP contribution in [0.1, 0.15) is 36.8 Å². The van der Waals surface area contributed by atoms with Crippen molar-refractivity contribution in [3.05, 3.63) is 29.3 Å². The van der Waals surface area contributed by atoms with Gasteiger partial charge in [0, 0.05) is 18.0 Å². The third kappa shape index (κ3) is 1.19. The minimum Gasteiger partial charge on any atom is -0.508 e. The molecule has 1 heterocycles. The van der Waals surface area contributed by atoms with Gasteiger partial charge in [0.1, 0.15) is 5.75 Å². The zero-order valence-corrected chi connectivity index (χ0v) is 10.1. The molecule has 0 radical (unpaired) electrons. The van der Waals surface area contributed by atoms with Crippen LogP contribution in [0.2, 0.25) is 0 Å². The Bertz CT molecular complexity index is 470. The van der Waals surface area contributed by atoms with E-state index in [4.69, 9.17) is 0 Å². The Hall–Kier alpha value is -1.02. The third-order valence-electron chi connectivity index (χ3n) is 5.33. The number of benzene rings is 1. The van der Waals surface area contributed by atoms with E-state index in [-0.39, 0.29) is 0 Å². The van der Waals surface area contributed by atoms with Crippen LogP contribution in [0.15, 0.2) is 18.2 Å². The Morgan fingerprint density at radius 3 is 3.18 bits per heavy atom. The molecule has 2 fully saturated rings. The quantitative estimate of drug-likeness (QED) is 0.715. The molecular formula is C15H19NO. The normalized spacial score (nSPS) is 38.6. The van der Waals surface area contributed by atoms with Crippen molar-refractivity contribution < 1.29 is 5.11 Å². The second kappa shape index (κ2) is 3.26.